The van der Waals surface area contributed by atoms with Crippen LogP contribution in [0.4, 0.5) is 0 Å². The van der Waals surface area contributed by atoms with Crippen molar-refractivity contribution in [2.24, 2.45) is 39.1 Å². The van der Waals surface area contributed by atoms with Crippen molar-refractivity contribution in [3.8, 4) is 16.9 Å². The number of hydrogen-bond acceptors (Lipinski definition) is 19. The van der Waals surface area contributed by atoms with Gasteiger partial charge in [-0.05, 0) is 89.5 Å². The molecule has 0 spiro atoms. The molecule has 1 aliphatic heterocycles. The first-order valence-electron chi connectivity index (χ1n) is 22.0. The summed E-state index contributed by atoms with van der Waals surface area (Å²) in [5, 5.41) is 25.1. The van der Waals surface area contributed by atoms with E-state index in [9.17, 15) is 0 Å². The topological polar surface area (TPSA) is 189 Å². The van der Waals surface area contributed by atoms with Crippen molar-refractivity contribution in [2.75, 3.05) is 35.2 Å². The fraction of sp³-hybridized carbons (Fsp3) is 0.102. The Kier molecular flexibility index (Phi) is 15.9. The largest absolute Gasteiger partial charge is 0.426 e. The molecule has 0 amide bonds. The Bertz CT molecular complexity index is 2970. The summed E-state index contributed by atoms with van der Waals surface area (Å²) in [5.41, 5.74) is 6.00. The maximum absolute atomic E-state index is 7.37. The number of rotatable bonds is 19. The maximum atomic E-state index is 7.37. The summed E-state index contributed by atoms with van der Waals surface area (Å²) in [6, 6.07) is 43.8. The van der Waals surface area contributed by atoms with Crippen LogP contribution in [-0.2, 0) is 0 Å². The quantitative estimate of drug-likeness (QED) is 0.0426. The van der Waals surface area contributed by atoms with E-state index in [1.807, 2.05) is 133 Å². The van der Waals surface area contributed by atoms with E-state index < -0.39 is 22.6 Å². The molecule has 0 N–H and O–H groups in total. The standard InChI is InChI=1S/C49H51N18OP3/c1-7-41-23-25-42(26-24-41)43-27-29-49(30-28-43)68-71(67(6)59-40-48-22-12-17-35-54-48)61-69(63(2)55-36-44-18-8-13-31-50-44,64(3)56-37-45-19-9-14-32-51-45)60-70(62-71,65(4)57-38-46-20-10-15-33-52-46)66(5)58-39-47-21-11-16-34-53-47/h7-40H,1H2,2-6H3/b55-36+,56-37+,57-38+,58-39?,59-40-. The second-order valence-electron chi connectivity index (χ2n) is 15.2. The van der Waals surface area contributed by atoms with E-state index in [0.717, 1.165) is 16.7 Å². The lowest BCUT2D eigenvalue weighted by molar-refractivity contribution is 0.458. The zero-order chi connectivity index (χ0) is 49.5. The fourth-order valence-electron chi connectivity index (χ4n) is 6.56. The molecule has 0 radical (unpaired) electrons. The highest BCUT2D eigenvalue weighted by Crippen LogP contribution is 2.82. The number of pyridine rings is 5. The van der Waals surface area contributed by atoms with Gasteiger partial charge < -0.3 is 4.52 Å². The number of benzene rings is 2. The summed E-state index contributed by atoms with van der Waals surface area (Å²) in [5.74, 6) is 0.453. The first kappa shape index (κ1) is 49.2. The smallest absolute Gasteiger partial charge is 0.378 e. The first-order valence-corrected chi connectivity index (χ1v) is 26.8. The van der Waals surface area contributed by atoms with Gasteiger partial charge in [-0.3, -0.25) is 24.9 Å². The molecule has 0 bridgehead atoms. The predicted octanol–water partition coefficient (Wildman–Crippen LogP) is 11.0. The van der Waals surface area contributed by atoms with Gasteiger partial charge in [0.2, 0.25) is 0 Å². The Hall–Kier alpha value is -8.23. The average Bonchev–Trinajstić information content (AvgIpc) is 3.43. The van der Waals surface area contributed by atoms with Crippen LogP contribution in [0, 0.1) is 0 Å². The van der Waals surface area contributed by atoms with Crippen LogP contribution in [0.5, 0.6) is 5.75 Å². The van der Waals surface area contributed by atoms with Crippen LogP contribution >= 0.6 is 22.6 Å². The van der Waals surface area contributed by atoms with Crippen molar-refractivity contribution in [3.63, 3.8) is 0 Å². The molecule has 5 aromatic heterocycles. The molecule has 6 heterocycles. The second kappa shape index (κ2) is 22.9. The maximum Gasteiger partial charge on any atom is 0.378 e. The third-order valence-corrected chi connectivity index (χ3v) is 21.0. The molecule has 19 nitrogen and oxygen atoms in total. The van der Waals surface area contributed by atoms with Crippen LogP contribution in [0.3, 0.4) is 0 Å². The molecule has 1 aliphatic rings. The minimum atomic E-state index is -3.95. The molecule has 0 saturated carbocycles. The summed E-state index contributed by atoms with van der Waals surface area (Å²) in [7, 11) is -2.61. The van der Waals surface area contributed by atoms with Gasteiger partial charge in [-0.15, -0.1) is 9.03 Å². The number of hydrogen-bond donors (Lipinski definition) is 0. The summed E-state index contributed by atoms with van der Waals surface area (Å²) < 4.78 is 33.1. The zero-order valence-corrected chi connectivity index (χ0v) is 42.3. The SMILES string of the molecule is C=Cc1ccc(-c2ccc(OP3(N(C)/N=C\c4ccccn4)=NP(N(C)/N=C/c4ccccn4)(N(C)/N=C/c4ccccn4)=NP(N(C)N=Cc4ccccn4)(N(C)/N=C/c4ccccn4)=N3)cc2)cc1. The van der Waals surface area contributed by atoms with Gasteiger partial charge in [-0.1, -0.05) is 79.4 Å². The van der Waals surface area contributed by atoms with Crippen LogP contribution in [-0.4, -0.2) is 115 Å². The van der Waals surface area contributed by atoms with Crippen LogP contribution in [0.1, 0.15) is 34.0 Å². The monoisotopic (exact) mass is 1000 g/mol. The molecule has 8 rings (SSSR count). The van der Waals surface area contributed by atoms with E-state index in [0.29, 0.717) is 34.2 Å². The minimum absolute atomic E-state index is 0.453. The van der Waals surface area contributed by atoms with Gasteiger partial charge in [-0.25, -0.2) is 23.9 Å². The van der Waals surface area contributed by atoms with E-state index >= 15 is 0 Å². The lowest BCUT2D eigenvalue weighted by atomic mass is 10.0. The Morgan fingerprint density at radius 3 is 1.04 bits per heavy atom. The Balaban J connectivity index is 1.44. The molecule has 2 aromatic carbocycles. The first-order chi connectivity index (χ1) is 34.6. The van der Waals surface area contributed by atoms with Gasteiger partial charge in [0.15, 0.2) is 0 Å². The van der Waals surface area contributed by atoms with Crippen molar-refractivity contribution < 1.29 is 4.52 Å². The minimum Gasteiger partial charge on any atom is -0.426 e. The van der Waals surface area contributed by atoms with Gasteiger partial charge in [0, 0.05) is 66.2 Å². The van der Waals surface area contributed by atoms with Crippen molar-refractivity contribution in [1.82, 2.24) is 48.8 Å². The Labute approximate surface area is 413 Å². The van der Waals surface area contributed by atoms with Crippen LogP contribution in [0.25, 0.3) is 17.2 Å². The van der Waals surface area contributed by atoms with E-state index in [1.54, 1.807) is 121 Å². The van der Waals surface area contributed by atoms with E-state index in [1.165, 1.54) is 0 Å². The zero-order valence-electron chi connectivity index (χ0n) is 39.6. The molecule has 2 unspecified atom stereocenters. The molecule has 2 atom stereocenters. The summed E-state index contributed by atoms with van der Waals surface area (Å²) >= 11 is 0. The lowest BCUT2D eigenvalue weighted by Crippen LogP contribution is -2.27. The second-order valence-corrected chi connectivity index (χ2v) is 23.6. The lowest BCUT2D eigenvalue weighted by Gasteiger charge is -2.44. The predicted molar refractivity (Wildman–Crippen MR) is 289 cm³/mol. The van der Waals surface area contributed by atoms with Crippen LogP contribution < -0.4 is 4.52 Å². The highest BCUT2D eigenvalue weighted by atomic mass is 31.3. The van der Waals surface area contributed by atoms with Crippen molar-refractivity contribution in [1.29, 1.82) is 0 Å². The summed E-state index contributed by atoms with van der Waals surface area (Å²) in [6.45, 7) is 3.91. The van der Waals surface area contributed by atoms with E-state index in [-0.39, 0.29) is 0 Å². The van der Waals surface area contributed by atoms with E-state index in [4.69, 9.17) is 43.6 Å². The highest BCUT2D eigenvalue weighted by Gasteiger charge is 2.49. The van der Waals surface area contributed by atoms with Crippen molar-refractivity contribution in [3.05, 3.63) is 211 Å². The van der Waals surface area contributed by atoms with Gasteiger partial charge >= 0.3 is 22.6 Å². The fourth-order valence-corrected chi connectivity index (χ4v) is 18.9. The van der Waals surface area contributed by atoms with Gasteiger partial charge in [0.1, 0.15) is 5.75 Å². The van der Waals surface area contributed by atoms with Crippen LogP contribution in [0.15, 0.2) is 216 Å². The number of hydrazone groups is 5. The number of aromatic nitrogens is 5. The third kappa shape index (κ3) is 12.0. The van der Waals surface area contributed by atoms with Gasteiger partial charge in [-0.2, -0.15) is 30.0 Å². The molecule has 358 valence electrons. The molecule has 0 saturated heterocycles. The molecule has 0 aliphatic carbocycles. The molecule has 22 heteroatoms. The normalized spacial score (nSPS) is 17.4. The average molecular weight is 1000 g/mol. The van der Waals surface area contributed by atoms with E-state index in [2.05, 4.69) is 43.6 Å². The Morgan fingerprint density at radius 2 is 0.718 bits per heavy atom. The van der Waals surface area contributed by atoms with Crippen molar-refractivity contribution in [2.45, 2.75) is 0 Å². The highest BCUT2D eigenvalue weighted by molar-refractivity contribution is 7.82. The molecule has 71 heavy (non-hydrogen) atoms. The third-order valence-electron chi connectivity index (χ3n) is 10.4. The van der Waals surface area contributed by atoms with Crippen molar-refractivity contribution >= 4 is 59.7 Å². The van der Waals surface area contributed by atoms with Crippen LogP contribution in [0.2, 0.25) is 0 Å². The van der Waals surface area contributed by atoms with Gasteiger partial charge in [0.25, 0.3) is 0 Å². The van der Waals surface area contributed by atoms with Gasteiger partial charge in [0.05, 0.1) is 59.5 Å². The molecular formula is C49H51N18OP3. The molecule has 7 aromatic rings. The summed E-state index contributed by atoms with van der Waals surface area (Å²) in [6.07, 6.45) is 18.5. The summed E-state index contributed by atoms with van der Waals surface area (Å²) in [4.78, 5) is 22.6. The number of nitrogens with zero attached hydrogens (tertiary/aromatic N) is 18. The Morgan fingerprint density at radius 1 is 0.394 bits per heavy atom. The molecular weight excluding hydrogens is 950 g/mol. The molecule has 0 fully saturated rings.